The van der Waals surface area contributed by atoms with Crippen LogP contribution < -0.4 is 10.2 Å². The van der Waals surface area contributed by atoms with Gasteiger partial charge in [-0.15, -0.1) is 0 Å². The number of hydrogen-bond donors (Lipinski definition) is 1. The number of rotatable bonds is 7. The summed E-state index contributed by atoms with van der Waals surface area (Å²) in [5.74, 6) is -0.515. The van der Waals surface area contributed by atoms with Crippen LogP contribution in [0.3, 0.4) is 0 Å². The molecule has 0 unspecified atom stereocenters. The van der Waals surface area contributed by atoms with Gasteiger partial charge in [0.25, 0.3) is 5.91 Å². The van der Waals surface area contributed by atoms with Crippen LogP contribution in [-0.4, -0.2) is 45.5 Å². The molecule has 0 aromatic heterocycles. The molecule has 1 N–H and O–H groups in total. The van der Waals surface area contributed by atoms with Gasteiger partial charge in [-0.2, -0.15) is 9.41 Å². The summed E-state index contributed by atoms with van der Waals surface area (Å²) in [6, 6.07) is 11.4. The molecule has 2 aromatic rings. The van der Waals surface area contributed by atoms with E-state index in [1.54, 1.807) is 24.3 Å². The van der Waals surface area contributed by atoms with Crippen LogP contribution in [0.2, 0.25) is 0 Å². The number of nitrogens with one attached hydrogen (secondary N) is 1. The van der Waals surface area contributed by atoms with Gasteiger partial charge in [0.05, 0.1) is 24.8 Å². The molecule has 0 fully saturated rings. The molecule has 0 saturated carbocycles. The van der Waals surface area contributed by atoms with Crippen LogP contribution in [0.4, 0.5) is 4.39 Å². The summed E-state index contributed by atoms with van der Waals surface area (Å²) >= 11 is 0. The number of hydrazone groups is 1. The fourth-order valence-corrected chi connectivity index (χ4v) is 3.14. The van der Waals surface area contributed by atoms with Gasteiger partial charge in [0.15, 0.2) is 0 Å². The highest BCUT2D eigenvalue weighted by molar-refractivity contribution is 7.89. The van der Waals surface area contributed by atoms with Crippen molar-refractivity contribution in [1.82, 2.24) is 9.73 Å². The van der Waals surface area contributed by atoms with Crippen molar-refractivity contribution in [2.45, 2.75) is 4.90 Å². The third kappa shape index (κ3) is 5.11. The van der Waals surface area contributed by atoms with Gasteiger partial charge in [-0.25, -0.2) is 18.2 Å². The van der Waals surface area contributed by atoms with Crippen molar-refractivity contribution in [1.29, 1.82) is 0 Å². The largest absolute Gasteiger partial charge is 0.497 e. The molecular formula is C17H18FN3O4S. The predicted molar refractivity (Wildman–Crippen MR) is 94.9 cm³/mol. The molecule has 0 aliphatic carbocycles. The van der Waals surface area contributed by atoms with E-state index >= 15 is 0 Å². The van der Waals surface area contributed by atoms with Gasteiger partial charge in [-0.1, -0.05) is 12.1 Å². The van der Waals surface area contributed by atoms with Crippen LogP contribution in [0.25, 0.3) is 0 Å². The maximum atomic E-state index is 12.9. The van der Waals surface area contributed by atoms with Crippen LogP contribution >= 0.6 is 0 Å². The Hall–Kier alpha value is -2.78. The van der Waals surface area contributed by atoms with Gasteiger partial charge in [0.2, 0.25) is 10.0 Å². The Morgan fingerprint density at radius 1 is 1.27 bits per heavy atom. The highest BCUT2D eigenvalue weighted by Gasteiger charge is 2.22. The van der Waals surface area contributed by atoms with Crippen molar-refractivity contribution in [3.05, 3.63) is 59.9 Å². The first kappa shape index (κ1) is 19.5. The lowest BCUT2D eigenvalue weighted by molar-refractivity contribution is -0.121. The average Bonchev–Trinajstić information content (AvgIpc) is 2.62. The Morgan fingerprint density at radius 2 is 1.96 bits per heavy atom. The quantitative estimate of drug-likeness (QED) is 0.585. The van der Waals surface area contributed by atoms with Crippen molar-refractivity contribution in [3.8, 4) is 5.75 Å². The molecule has 0 saturated heterocycles. The molecule has 0 radical (unpaired) electrons. The average molecular weight is 379 g/mol. The molecule has 0 aliphatic rings. The van der Waals surface area contributed by atoms with E-state index in [1.807, 2.05) is 0 Å². The van der Waals surface area contributed by atoms with Crippen molar-refractivity contribution in [2.75, 3.05) is 20.7 Å². The van der Waals surface area contributed by atoms with E-state index in [4.69, 9.17) is 4.74 Å². The van der Waals surface area contributed by atoms with E-state index in [1.165, 1.54) is 20.4 Å². The number of carbonyl (C=O) groups is 1. The van der Waals surface area contributed by atoms with Gasteiger partial charge >= 0.3 is 0 Å². The first-order chi connectivity index (χ1) is 12.3. The number of halogens is 1. The maximum absolute atomic E-state index is 12.9. The second-order valence-electron chi connectivity index (χ2n) is 5.28. The zero-order chi connectivity index (χ0) is 19.2. The number of benzene rings is 2. The van der Waals surface area contributed by atoms with Gasteiger partial charge < -0.3 is 4.74 Å². The van der Waals surface area contributed by atoms with Crippen molar-refractivity contribution in [2.24, 2.45) is 5.10 Å². The summed E-state index contributed by atoms with van der Waals surface area (Å²) in [7, 11) is -1.11. The monoisotopic (exact) mass is 379 g/mol. The molecule has 26 heavy (non-hydrogen) atoms. The third-order valence-corrected chi connectivity index (χ3v) is 5.20. The number of carbonyl (C=O) groups excluding carboxylic acids is 1. The normalized spacial score (nSPS) is 11.7. The van der Waals surface area contributed by atoms with Gasteiger partial charge in [-0.3, -0.25) is 4.79 Å². The summed E-state index contributed by atoms with van der Waals surface area (Å²) in [5.41, 5.74) is 2.96. The molecule has 9 heteroatoms. The Bertz CT molecular complexity index is 898. The number of nitrogens with zero attached hydrogens (tertiary/aromatic N) is 2. The summed E-state index contributed by atoms with van der Waals surface area (Å²) in [5, 5.41) is 3.79. The fraction of sp³-hybridized carbons (Fsp3) is 0.176. The molecule has 138 valence electrons. The number of methoxy groups -OCH3 is 1. The Labute approximate surface area is 151 Å². The number of ether oxygens (including phenoxy) is 1. The molecule has 7 nitrogen and oxygen atoms in total. The summed E-state index contributed by atoms with van der Waals surface area (Å²) in [6.45, 7) is -0.435. The second-order valence-corrected chi connectivity index (χ2v) is 7.33. The summed E-state index contributed by atoms with van der Waals surface area (Å²) < 4.78 is 43.5. The Balaban J connectivity index is 1.96. The van der Waals surface area contributed by atoms with E-state index in [0.717, 1.165) is 28.6 Å². The third-order valence-electron chi connectivity index (χ3n) is 3.38. The van der Waals surface area contributed by atoms with Crippen molar-refractivity contribution in [3.63, 3.8) is 0 Å². The van der Waals surface area contributed by atoms with E-state index < -0.39 is 28.3 Å². The molecule has 0 bridgehead atoms. The number of likely N-dealkylation sites (N-methyl/N-ethyl adjacent to an activating group) is 1. The van der Waals surface area contributed by atoms with Crippen molar-refractivity contribution < 1.29 is 22.3 Å². The lowest BCUT2D eigenvalue weighted by Gasteiger charge is -2.16. The van der Waals surface area contributed by atoms with Crippen LogP contribution in [0.15, 0.2) is 58.5 Å². The van der Waals surface area contributed by atoms with E-state index in [9.17, 15) is 17.6 Å². The van der Waals surface area contributed by atoms with Crippen LogP contribution in [0.1, 0.15) is 5.56 Å². The van der Waals surface area contributed by atoms with Gasteiger partial charge in [0.1, 0.15) is 11.6 Å². The smallest absolute Gasteiger partial charge is 0.255 e. The van der Waals surface area contributed by atoms with E-state index in [-0.39, 0.29) is 4.90 Å². The zero-order valence-corrected chi connectivity index (χ0v) is 15.0. The second kappa shape index (κ2) is 8.54. The minimum atomic E-state index is -3.90. The van der Waals surface area contributed by atoms with E-state index in [2.05, 4.69) is 10.5 Å². The highest BCUT2D eigenvalue weighted by Crippen LogP contribution is 2.14. The molecule has 2 rings (SSSR count). The number of hydrogen-bond acceptors (Lipinski definition) is 5. The maximum Gasteiger partial charge on any atom is 0.255 e. The molecule has 0 aliphatic heterocycles. The lowest BCUT2D eigenvalue weighted by atomic mass is 10.2. The van der Waals surface area contributed by atoms with Gasteiger partial charge in [-0.05, 0) is 42.0 Å². The topological polar surface area (TPSA) is 88.1 Å². The lowest BCUT2D eigenvalue weighted by Crippen LogP contribution is -2.36. The predicted octanol–water partition coefficient (Wildman–Crippen LogP) is 1.61. The Kier molecular flexibility index (Phi) is 6.42. The number of amides is 1. The SMILES string of the molecule is COc1cccc(/C=N\NC(=O)CN(C)S(=O)(=O)c2ccc(F)cc2)c1. The molecule has 0 heterocycles. The summed E-state index contributed by atoms with van der Waals surface area (Å²) in [6.07, 6.45) is 1.41. The van der Waals surface area contributed by atoms with E-state index in [0.29, 0.717) is 11.3 Å². The molecule has 2 aromatic carbocycles. The first-order valence-corrected chi connectivity index (χ1v) is 8.95. The number of sulfonamides is 1. The fourth-order valence-electron chi connectivity index (χ4n) is 2.01. The van der Waals surface area contributed by atoms with Crippen LogP contribution in [-0.2, 0) is 14.8 Å². The Morgan fingerprint density at radius 3 is 2.62 bits per heavy atom. The first-order valence-electron chi connectivity index (χ1n) is 7.51. The molecular weight excluding hydrogens is 361 g/mol. The minimum Gasteiger partial charge on any atom is -0.497 e. The summed E-state index contributed by atoms with van der Waals surface area (Å²) in [4.78, 5) is 11.8. The molecule has 0 spiro atoms. The molecule has 0 atom stereocenters. The van der Waals surface area contributed by atoms with Crippen LogP contribution in [0.5, 0.6) is 5.75 Å². The minimum absolute atomic E-state index is 0.103. The zero-order valence-electron chi connectivity index (χ0n) is 14.2. The molecule has 1 amide bonds. The van der Waals surface area contributed by atoms with Gasteiger partial charge in [0, 0.05) is 7.05 Å². The van der Waals surface area contributed by atoms with Crippen LogP contribution in [0, 0.1) is 5.82 Å². The highest BCUT2D eigenvalue weighted by atomic mass is 32.2. The standard InChI is InChI=1S/C17H18FN3O4S/c1-21(26(23,24)16-8-6-14(18)7-9-16)12-17(22)20-19-11-13-4-3-5-15(10-13)25-2/h3-11H,12H2,1-2H3,(H,20,22)/b19-11-. The van der Waals surface area contributed by atoms with Crippen molar-refractivity contribution >= 4 is 22.1 Å².